The highest BCUT2D eigenvalue weighted by molar-refractivity contribution is 7.22. The van der Waals surface area contributed by atoms with Gasteiger partial charge in [0.1, 0.15) is 5.52 Å². The topological polar surface area (TPSA) is 62.5 Å². The van der Waals surface area contributed by atoms with Crippen LogP contribution >= 0.6 is 22.9 Å². The molecule has 3 aromatic rings. The lowest BCUT2D eigenvalue weighted by Crippen LogP contribution is -2.49. The van der Waals surface area contributed by atoms with Gasteiger partial charge in [-0.2, -0.15) is 0 Å². The highest BCUT2D eigenvalue weighted by Crippen LogP contribution is 2.37. The third-order valence-corrected chi connectivity index (χ3v) is 5.84. The van der Waals surface area contributed by atoms with E-state index < -0.39 is 0 Å². The molecular formula is C19H19ClN4OS. The minimum atomic E-state index is 0.0758. The van der Waals surface area contributed by atoms with Crippen LogP contribution in [0.15, 0.2) is 36.4 Å². The lowest BCUT2D eigenvalue weighted by Gasteiger charge is -2.36. The number of hydrogen-bond acceptors (Lipinski definition) is 5. The molecule has 0 bridgehead atoms. The van der Waals surface area contributed by atoms with Crippen molar-refractivity contribution in [2.45, 2.75) is 6.92 Å². The third kappa shape index (κ3) is 3.10. The van der Waals surface area contributed by atoms with Gasteiger partial charge in [0.05, 0.1) is 15.4 Å². The number of anilines is 2. The Morgan fingerprint density at radius 2 is 1.81 bits per heavy atom. The number of hydrogen-bond donors (Lipinski definition) is 1. The number of nitrogens with zero attached hydrogens (tertiary/aromatic N) is 3. The van der Waals surface area contributed by atoms with E-state index in [-0.39, 0.29) is 5.91 Å². The molecule has 4 rings (SSSR count). The molecular weight excluding hydrogens is 368 g/mol. The zero-order valence-electron chi connectivity index (χ0n) is 14.4. The highest BCUT2D eigenvalue weighted by Gasteiger charge is 2.25. The van der Waals surface area contributed by atoms with Crippen molar-refractivity contribution in [2.75, 3.05) is 36.8 Å². The molecule has 1 aromatic heterocycles. The lowest BCUT2D eigenvalue weighted by atomic mass is 10.1. The number of piperazine rings is 1. The van der Waals surface area contributed by atoms with E-state index >= 15 is 0 Å². The van der Waals surface area contributed by atoms with Crippen molar-refractivity contribution in [3.05, 3.63) is 52.5 Å². The van der Waals surface area contributed by atoms with E-state index in [4.69, 9.17) is 17.3 Å². The minimum Gasteiger partial charge on any atom is -0.375 e. The van der Waals surface area contributed by atoms with Gasteiger partial charge in [0.25, 0.3) is 5.91 Å². The van der Waals surface area contributed by atoms with Crippen LogP contribution in [0.25, 0.3) is 10.2 Å². The van der Waals surface area contributed by atoms with Gasteiger partial charge in [-0.1, -0.05) is 40.6 Å². The number of amides is 1. The first-order chi connectivity index (χ1) is 12.5. The van der Waals surface area contributed by atoms with Crippen LogP contribution in [0.2, 0.25) is 5.02 Å². The van der Waals surface area contributed by atoms with Crippen molar-refractivity contribution in [1.82, 2.24) is 9.88 Å². The molecule has 1 saturated heterocycles. The molecule has 2 aromatic carbocycles. The van der Waals surface area contributed by atoms with Crippen LogP contribution in [0.3, 0.4) is 0 Å². The Balaban J connectivity index is 1.53. The Morgan fingerprint density at radius 3 is 2.50 bits per heavy atom. The number of carbonyl (C=O) groups excluding carboxylic acids is 1. The van der Waals surface area contributed by atoms with Crippen LogP contribution in [-0.4, -0.2) is 42.0 Å². The van der Waals surface area contributed by atoms with E-state index in [1.165, 1.54) is 11.3 Å². The number of thiazole rings is 1. The Morgan fingerprint density at radius 1 is 1.12 bits per heavy atom. The quantitative estimate of drug-likeness (QED) is 0.727. The molecule has 0 spiro atoms. The van der Waals surface area contributed by atoms with Crippen LogP contribution in [0.4, 0.5) is 10.8 Å². The van der Waals surface area contributed by atoms with Gasteiger partial charge in [-0.3, -0.25) is 4.79 Å². The first-order valence-corrected chi connectivity index (χ1v) is 9.68. The van der Waals surface area contributed by atoms with Gasteiger partial charge in [-0.25, -0.2) is 4.98 Å². The average molecular weight is 387 g/mol. The fourth-order valence-electron chi connectivity index (χ4n) is 3.29. The van der Waals surface area contributed by atoms with Crippen molar-refractivity contribution >= 4 is 49.9 Å². The second kappa shape index (κ2) is 6.78. The van der Waals surface area contributed by atoms with Gasteiger partial charge in [0.2, 0.25) is 0 Å². The number of aromatic nitrogens is 1. The van der Waals surface area contributed by atoms with Gasteiger partial charge in [-0.15, -0.1) is 0 Å². The van der Waals surface area contributed by atoms with Gasteiger partial charge in [-0.05, 0) is 31.2 Å². The minimum absolute atomic E-state index is 0.0758. The summed E-state index contributed by atoms with van der Waals surface area (Å²) in [7, 11) is 0. The summed E-state index contributed by atoms with van der Waals surface area (Å²) in [5.41, 5.74) is 9.51. The van der Waals surface area contributed by atoms with Crippen LogP contribution < -0.4 is 10.6 Å². The summed E-state index contributed by atoms with van der Waals surface area (Å²) < 4.78 is 1.03. The van der Waals surface area contributed by atoms with E-state index in [0.29, 0.717) is 36.3 Å². The molecule has 0 saturated carbocycles. The zero-order valence-corrected chi connectivity index (χ0v) is 16.0. The Hall–Kier alpha value is -2.31. The predicted molar refractivity (Wildman–Crippen MR) is 108 cm³/mol. The Kier molecular flexibility index (Phi) is 4.46. The first kappa shape index (κ1) is 17.1. The molecule has 0 radical (unpaired) electrons. The number of benzene rings is 2. The number of nitrogen functional groups attached to an aromatic ring is 1. The first-order valence-electron chi connectivity index (χ1n) is 8.48. The second-order valence-electron chi connectivity index (χ2n) is 6.44. The van der Waals surface area contributed by atoms with E-state index in [0.717, 1.165) is 27.0 Å². The molecule has 2 heterocycles. The summed E-state index contributed by atoms with van der Waals surface area (Å²) in [6, 6.07) is 11.6. The van der Waals surface area contributed by atoms with Crippen molar-refractivity contribution in [3.8, 4) is 0 Å². The summed E-state index contributed by atoms with van der Waals surface area (Å²) >= 11 is 7.92. The monoisotopic (exact) mass is 386 g/mol. The Labute approximate surface area is 161 Å². The SMILES string of the molecule is Cc1ccc(C(=O)N2CCN(c3c(Cl)ccc4sc(N)nc34)CC2)cc1. The third-order valence-electron chi connectivity index (χ3n) is 4.68. The van der Waals surface area contributed by atoms with E-state index in [1.807, 2.05) is 48.2 Å². The fraction of sp³-hybridized carbons (Fsp3) is 0.263. The zero-order chi connectivity index (χ0) is 18.3. The summed E-state index contributed by atoms with van der Waals surface area (Å²) in [5.74, 6) is 0.0758. The van der Waals surface area contributed by atoms with E-state index in [2.05, 4.69) is 9.88 Å². The largest absolute Gasteiger partial charge is 0.375 e. The molecule has 1 aliphatic rings. The predicted octanol–water partition coefficient (Wildman–Crippen LogP) is 3.80. The molecule has 1 amide bonds. The van der Waals surface area contributed by atoms with Crippen molar-refractivity contribution in [1.29, 1.82) is 0 Å². The van der Waals surface area contributed by atoms with Crippen LogP contribution in [0, 0.1) is 6.92 Å². The fourth-order valence-corrected chi connectivity index (χ4v) is 4.29. The molecule has 0 aliphatic carbocycles. The maximum atomic E-state index is 12.7. The summed E-state index contributed by atoms with van der Waals surface area (Å²) in [6.07, 6.45) is 0. The highest BCUT2D eigenvalue weighted by atomic mass is 35.5. The molecule has 26 heavy (non-hydrogen) atoms. The van der Waals surface area contributed by atoms with Crippen molar-refractivity contribution in [2.24, 2.45) is 0 Å². The van der Waals surface area contributed by atoms with E-state index in [1.54, 1.807) is 0 Å². The maximum absolute atomic E-state index is 12.7. The molecule has 1 aliphatic heterocycles. The molecule has 0 atom stereocenters. The molecule has 2 N–H and O–H groups in total. The second-order valence-corrected chi connectivity index (χ2v) is 7.91. The van der Waals surface area contributed by atoms with Gasteiger partial charge in [0.15, 0.2) is 5.13 Å². The number of aryl methyl sites for hydroxylation is 1. The molecule has 7 heteroatoms. The summed E-state index contributed by atoms with van der Waals surface area (Å²) in [6.45, 7) is 4.75. The average Bonchev–Trinajstić information content (AvgIpc) is 3.02. The maximum Gasteiger partial charge on any atom is 0.253 e. The normalized spacial score (nSPS) is 14.8. The van der Waals surface area contributed by atoms with Gasteiger partial charge < -0.3 is 15.5 Å². The van der Waals surface area contributed by atoms with Gasteiger partial charge in [0, 0.05) is 31.7 Å². The van der Waals surface area contributed by atoms with Crippen LogP contribution in [0.1, 0.15) is 15.9 Å². The van der Waals surface area contributed by atoms with Crippen molar-refractivity contribution in [3.63, 3.8) is 0 Å². The number of carbonyl (C=O) groups is 1. The standard InChI is InChI=1S/C19H19ClN4OS/c1-12-2-4-13(5-3-12)18(25)24-10-8-23(9-11-24)17-14(20)6-7-15-16(17)22-19(21)26-15/h2-7H,8-11H2,1H3,(H2,21,22). The number of rotatable bonds is 2. The summed E-state index contributed by atoms with van der Waals surface area (Å²) in [5, 5.41) is 1.21. The number of halogens is 1. The number of nitrogens with two attached hydrogens (primary N) is 1. The molecule has 1 fully saturated rings. The smallest absolute Gasteiger partial charge is 0.253 e. The number of fused-ring (bicyclic) bond motifs is 1. The van der Waals surface area contributed by atoms with Crippen molar-refractivity contribution < 1.29 is 4.79 Å². The van der Waals surface area contributed by atoms with Crippen LogP contribution in [0.5, 0.6) is 0 Å². The summed E-state index contributed by atoms with van der Waals surface area (Å²) in [4.78, 5) is 21.2. The van der Waals surface area contributed by atoms with E-state index in [9.17, 15) is 4.79 Å². The lowest BCUT2D eigenvalue weighted by molar-refractivity contribution is 0.0747. The Bertz CT molecular complexity index is 962. The van der Waals surface area contributed by atoms with Crippen LogP contribution in [-0.2, 0) is 0 Å². The van der Waals surface area contributed by atoms with Gasteiger partial charge >= 0.3 is 0 Å². The molecule has 0 unspecified atom stereocenters. The molecule has 134 valence electrons. The molecule has 5 nitrogen and oxygen atoms in total.